The number of hydrogen-bond acceptors (Lipinski definition) is 3. The summed E-state index contributed by atoms with van der Waals surface area (Å²) in [5.74, 6) is -0.540. The van der Waals surface area contributed by atoms with Gasteiger partial charge in [-0.2, -0.15) is 0 Å². The van der Waals surface area contributed by atoms with Gasteiger partial charge in [-0.25, -0.2) is 4.39 Å². The molecule has 0 saturated carbocycles. The molecule has 2 N–H and O–H groups in total. The van der Waals surface area contributed by atoms with Crippen molar-refractivity contribution in [3.05, 3.63) is 65.5 Å². The lowest BCUT2D eigenvalue weighted by Gasteiger charge is -2.33. The van der Waals surface area contributed by atoms with Crippen molar-refractivity contribution in [3.8, 4) is 0 Å². The van der Waals surface area contributed by atoms with Crippen LogP contribution in [0.1, 0.15) is 31.0 Å². The van der Waals surface area contributed by atoms with Gasteiger partial charge in [-0.1, -0.05) is 36.4 Å². The average molecular weight is 379 g/mol. The predicted octanol–water partition coefficient (Wildman–Crippen LogP) is 3.19. The maximum Gasteiger partial charge on any atom is 0.237 e. The van der Waals surface area contributed by atoms with Crippen LogP contribution in [0.4, 0.5) is 10.1 Å². The van der Waals surface area contributed by atoms with E-state index in [0.717, 1.165) is 11.1 Å². The maximum absolute atomic E-state index is 13.9. The van der Waals surface area contributed by atoms with E-state index in [1.807, 2.05) is 44.2 Å². The lowest BCUT2D eigenvalue weighted by atomic mass is 9.86. The summed E-state index contributed by atoms with van der Waals surface area (Å²) in [7, 11) is 1.74. The average Bonchev–Trinajstić information content (AvgIpc) is 2.77. The first-order valence-electron chi connectivity index (χ1n) is 8.39. The summed E-state index contributed by atoms with van der Waals surface area (Å²) in [5, 5.41) is 13.7. The van der Waals surface area contributed by atoms with Gasteiger partial charge in [-0.15, -0.1) is 12.4 Å². The Balaban J connectivity index is 0.00000243. The third-order valence-corrected chi connectivity index (χ3v) is 4.84. The molecule has 0 radical (unpaired) electrons. The maximum atomic E-state index is 13.9. The van der Waals surface area contributed by atoms with Gasteiger partial charge in [0.1, 0.15) is 5.82 Å². The number of nitrogens with one attached hydrogen (secondary N) is 1. The van der Waals surface area contributed by atoms with Gasteiger partial charge < -0.3 is 15.3 Å². The molecular weight excluding hydrogens is 355 g/mol. The number of halogens is 2. The number of aliphatic hydroxyl groups is 1. The Morgan fingerprint density at radius 1 is 1.19 bits per heavy atom. The molecule has 0 bridgehead atoms. The molecule has 1 heterocycles. The standard InChI is InChI=1S/C20H23FN2O2.ClH/c1-20(2)15-10-9-14(21)11-16(15)23(19(20)25)18(17(24)12-22-3)13-7-5-4-6-8-13;/h4-11,17-18,22,24H,12H2,1-3H3;1H/t17-,18+;/m1./s1. The van der Waals surface area contributed by atoms with Crippen molar-refractivity contribution >= 4 is 24.0 Å². The molecule has 2 aromatic carbocycles. The van der Waals surface area contributed by atoms with E-state index in [1.165, 1.54) is 12.1 Å². The molecule has 26 heavy (non-hydrogen) atoms. The second-order valence-electron chi connectivity index (χ2n) is 6.94. The van der Waals surface area contributed by atoms with Crippen molar-refractivity contribution in [2.24, 2.45) is 0 Å². The van der Waals surface area contributed by atoms with Gasteiger partial charge in [0.05, 0.1) is 23.2 Å². The van der Waals surface area contributed by atoms with E-state index in [-0.39, 0.29) is 18.3 Å². The molecule has 0 unspecified atom stereocenters. The Kier molecular flexibility index (Phi) is 6.06. The molecule has 0 fully saturated rings. The number of nitrogens with zero attached hydrogens (tertiary/aromatic N) is 1. The zero-order chi connectivity index (χ0) is 18.2. The summed E-state index contributed by atoms with van der Waals surface area (Å²) >= 11 is 0. The molecule has 140 valence electrons. The van der Waals surface area contributed by atoms with Gasteiger partial charge in [-0.05, 0) is 44.2 Å². The first-order chi connectivity index (χ1) is 11.9. The van der Waals surface area contributed by atoms with Crippen LogP contribution in [0.5, 0.6) is 0 Å². The highest BCUT2D eigenvalue weighted by molar-refractivity contribution is 6.08. The first kappa shape index (κ1) is 20.4. The summed E-state index contributed by atoms with van der Waals surface area (Å²) < 4.78 is 13.9. The SMILES string of the molecule is CNC[C@@H](O)[C@H](c1ccccc1)N1C(=O)C(C)(C)c2ccc(F)cc21.Cl. The Bertz CT molecular complexity index is 783. The lowest BCUT2D eigenvalue weighted by Crippen LogP contribution is -2.45. The van der Waals surface area contributed by atoms with Crippen LogP contribution in [0.15, 0.2) is 48.5 Å². The number of hydrogen-bond donors (Lipinski definition) is 2. The molecule has 4 nitrogen and oxygen atoms in total. The number of benzene rings is 2. The Hall–Kier alpha value is -1.95. The van der Waals surface area contributed by atoms with Crippen LogP contribution in [-0.4, -0.2) is 30.7 Å². The summed E-state index contributed by atoms with van der Waals surface area (Å²) in [4.78, 5) is 14.7. The second kappa shape index (κ2) is 7.74. The molecule has 3 rings (SSSR count). The van der Waals surface area contributed by atoms with E-state index < -0.39 is 23.4 Å². The highest BCUT2D eigenvalue weighted by Crippen LogP contribution is 2.46. The van der Waals surface area contributed by atoms with Crippen molar-refractivity contribution in [1.82, 2.24) is 5.32 Å². The summed E-state index contributed by atoms with van der Waals surface area (Å²) in [6.07, 6.45) is -0.832. The zero-order valence-corrected chi connectivity index (χ0v) is 15.9. The highest BCUT2D eigenvalue weighted by Gasteiger charge is 2.48. The summed E-state index contributed by atoms with van der Waals surface area (Å²) in [5.41, 5.74) is 1.34. The monoisotopic (exact) mass is 378 g/mol. The molecule has 2 atom stereocenters. The summed E-state index contributed by atoms with van der Waals surface area (Å²) in [6, 6.07) is 13.2. The molecule has 1 aliphatic rings. The van der Waals surface area contributed by atoms with Crippen molar-refractivity contribution < 1.29 is 14.3 Å². The molecule has 0 spiro atoms. The number of rotatable bonds is 5. The zero-order valence-electron chi connectivity index (χ0n) is 15.1. The molecule has 1 aliphatic heterocycles. The van der Waals surface area contributed by atoms with Crippen LogP contribution in [0.2, 0.25) is 0 Å². The van der Waals surface area contributed by atoms with Crippen LogP contribution >= 0.6 is 12.4 Å². The fourth-order valence-corrected chi connectivity index (χ4v) is 3.55. The topological polar surface area (TPSA) is 52.6 Å². The van der Waals surface area contributed by atoms with E-state index in [4.69, 9.17) is 0 Å². The summed E-state index contributed by atoms with van der Waals surface area (Å²) in [6.45, 7) is 3.98. The number of likely N-dealkylation sites (N-methyl/N-ethyl adjacent to an activating group) is 1. The number of aliphatic hydroxyl groups excluding tert-OH is 1. The number of fused-ring (bicyclic) bond motifs is 1. The minimum atomic E-state index is -0.832. The van der Waals surface area contributed by atoms with Gasteiger partial charge in [0.25, 0.3) is 0 Å². The smallest absolute Gasteiger partial charge is 0.237 e. The Morgan fingerprint density at radius 2 is 1.85 bits per heavy atom. The number of anilines is 1. The Labute approximate surface area is 159 Å². The molecule has 0 aromatic heterocycles. The van der Waals surface area contributed by atoms with Crippen LogP contribution in [0, 0.1) is 5.82 Å². The number of carbonyl (C=O) groups is 1. The first-order valence-corrected chi connectivity index (χ1v) is 8.39. The van der Waals surface area contributed by atoms with Crippen molar-refractivity contribution in [2.45, 2.75) is 31.4 Å². The van der Waals surface area contributed by atoms with Crippen LogP contribution in [0.3, 0.4) is 0 Å². The molecule has 0 saturated heterocycles. The van der Waals surface area contributed by atoms with Crippen molar-refractivity contribution in [1.29, 1.82) is 0 Å². The second-order valence-corrected chi connectivity index (χ2v) is 6.94. The van der Waals surface area contributed by atoms with Crippen molar-refractivity contribution in [3.63, 3.8) is 0 Å². The van der Waals surface area contributed by atoms with Crippen LogP contribution in [-0.2, 0) is 10.2 Å². The van der Waals surface area contributed by atoms with Crippen LogP contribution in [0.25, 0.3) is 0 Å². The van der Waals surface area contributed by atoms with Crippen LogP contribution < -0.4 is 10.2 Å². The van der Waals surface area contributed by atoms with E-state index in [0.29, 0.717) is 12.2 Å². The quantitative estimate of drug-likeness (QED) is 0.840. The van der Waals surface area contributed by atoms with Gasteiger partial charge in [-0.3, -0.25) is 4.79 Å². The minimum absolute atomic E-state index is 0. The highest BCUT2D eigenvalue weighted by atomic mass is 35.5. The number of amides is 1. The fourth-order valence-electron chi connectivity index (χ4n) is 3.55. The molecule has 1 amide bonds. The van der Waals surface area contributed by atoms with Gasteiger partial charge >= 0.3 is 0 Å². The minimum Gasteiger partial charge on any atom is -0.389 e. The molecule has 0 aliphatic carbocycles. The normalized spacial score (nSPS) is 17.4. The van der Waals surface area contributed by atoms with E-state index >= 15 is 0 Å². The molecular formula is C20H24ClFN2O2. The number of carbonyl (C=O) groups excluding carboxylic acids is 1. The van der Waals surface area contributed by atoms with E-state index in [1.54, 1.807) is 18.0 Å². The van der Waals surface area contributed by atoms with Gasteiger partial charge in [0, 0.05) is 6.54 Å². The molecule has 2 aromatic rings. The molecule has 6 heteroatoms. The fraction of sp³-hybridized carbons (Fsp3) is 0.350. The van der Waals surface area contributed by atoms with Crippen molar-refractivity contribution in [2.75, 3.05) is 18.5 Å². The third-order valence-electron chi connectivity index (χ3n) is 4.84. The van der Waals surface area contributed by atoms with E-state index in [2.05, 4.69) is 5.32 Å². The van der Waals surface area contributed by atoms with Gasteiger partial charge in [0.15, 0.2) is 0 Å². The predicted molar refractivity (Wildman–Crippen MR) is 103 cm³/mol. The third kappa shape index (κ3) is 3.34. The Morgan fingerprint density at radius 3 is 2.46 bits per heavy atom. The van der Waals surface area contributed by atoms with Gasteiger partial charge in [0.2, 0.25) is 5.91 Å². The van der Waals surface area contributed by atoms with E-state index in [9.17, 15) is 14.3 Å². The largest absolute Gasteiger partial charge is 0.389 e. The lowest BCUT2D eigenvalue weighted by molar-refractivity contribution is -0.123.